The Balaban J connectivity index is 1.25. The Morgan fingerprint density at radius 1 is 0.396 bits per heavy atom. The van der Waals surface area contributed by atoms with E-state index >= 15 is 0 Å². The average molecular weight is 765 g/mol. The predicted octanol–water partition coefficient (Wildman–Crippen LogP) is -3.83. The molecule has 4 heterocycles. The Morgan fingerprint density at radius 2 is 0.604 bits per heavy atom. The number of carbonyl (C=O) groups is 4. The van der Waals surface area contributed by atoms with Gasteiger partial charge in [-0.1, -0.05) is 0 Å². The van der Waals surface area contributed by atoms with Gasteiger partial charge in [-0.25, -0.2) is 0 Å². The maximum absolute atomic E-state index is 12.8. The molecule has 0 aromatic rings. The number of nitrogens with one attached hydrogen (secondary N) is 4. The highest BCUT2D eigenvalue weighted by molar-refractivity contribution is 5.79. The highest BCUT2D eigenvalue weighted by Crippen LogP contribution is 2.15. The topological polar surface area (TPSA) is 240 Å². The van der Waals surface area contributed by atoms with Crippen LogP contribution in [0.5, 0.6) is 0 Å². The Hall–Kier alpha value is -2.60. The van der Waals surface area contributed by atoms with Crippen molar-refractivity contribution in [2.45, 2.75) is 24.4 Å². The van der Waals surface area contributed by atoms with Crippen molar-refractivity contribution in [2.24, 2.45) is 5.41 Å². The van der Waals surface area contributed by atoms with Crippen LogP contribution >= 0.6 is 0 Å². The minimum atomic E-state index is -1.10. The highest BCUT2D eigenvalue weighted by atomic mass is 16.6. The van der Waals surface area contributed by atoms with Crippen molar-refractivity contribution in [1.82, 2.24) is 21.3 Å². The summed E-state index contributed by atoms with van der Waals surface area (Å²) >= 11 is 0. The van der Waals surface area contributed by atoms with Gasteiger partial charge in [0.1, 0.15) is 50.8 Å². The number of rotatable bonds is 36. The first-order chi connectivity index (χ1) is 25.9. The van der Waals surface area contributed by atoms with Crippen LogP contribution in [0.2, 0.25) is 0 Å². The monoisotopic (exact) mass is 764 g/mol. The van der Waals surface area contributed by atoms with Gasteiger partial charge in [0, 0.05) is 31.6 Å². The van der Waals surface area contributed by atoms with Gasteiger partial charge in [-0.15, -0.1) is 0 Å². The third-order valence-corrected chi connectivity index (χ3v) is 7.89. The molecule has 3 unspecified atom stereocenters. The minimum absolute atomic E-state index is 0.0562. The van der Waals surface area contributed by atoms with Gasteiger partial charge < -0.3 is 78.1 Å². The predicted molar refractivity (Wildman–Crippen MR) is 180 cm³/mol. The van der Waals surface area contributed by atoms with E-state index in [1.54, 1.807) is 0 Å². The molecule has 0 radical (unpaired) electrons. The zero-order valence-corrected chi connectivity index (χ0v) is 30.3. The van der Waals surface area contributed by atoms with Crippen molar-refractivity contribution >= 4 is 23.6 Å². The molecule has 4 rings (SSSR count). The number of hydrogen-bond acceptors (Lipinski definition) is 16. The fourth-order valence-corrected chi connectivity index (χ4v) is 4.37. The number of hydrogen-bond donors (Lipinski definition) is 4. The molecule has 4 fully saturated rings. The summed E-state index contributed by atoms with van der Waals surface area (Å²) in [4.78, 5) is 51.2. The van der Waals surface area contributed by atoms with E-state index in [9.17, 15) is 19.2 Å². The SMILES string of the molecule is O=C(COCCOCC1CO1)NCC(CNC(=O)COCCOCC1CO1)(CNC(=O)COCCOCC1CO1)CNC(=O)COCCOC[C@@H]1CO1. The van der Waals surface area contributed by atoms with E-state index in [4.69, 9.17) is 56.8 Å². The van der Waals surface area contributed by atoms with E-state index in [0.717, 1.165) is 0 Å². The van der Waals surface area contributed by atoms with Gasteiger partial charge in [-0.05, 0) is 0 Å². The molecule has 304 valence electrons. The summed E-state index contributed by atoms with van der Waals surface area (Å²) in [7, 11) is 0. The summed E-state index contributed by atoms with van der Waals surface area (Å²) in [6, 6.07) is 0. The Bertz CT molecular complexity index is 908. The second kappa shape index (κ2) is 25.5. The van der Waals surface area contributed by atoms with Gasteiger partial charge in [-0.3, -0.25) is 19.2 Å². The molecule has 0 bridgehead atoms. The van der Waals surface area contributed by atoms with E-state index < -0.39 is 29.0 Å². The standard InChI is InChI=1S/C33H56N4O16/c38-29(17-46-5-1-42-9-25-13-50-25)34-21-33(22-35-30(39)18-47-6-2-43-10-26-14-51-26,23-36-31(40)19-48-7-3-44-11-27-15-52-27)24-37-32(41)20-49-8-4-45-12-28-16-53-28/h25-28H,1-24H2,(H,34,38)(H,35,39)(H,36,40)(H,37,41)/t25-,26?,27?,28?,33?/m1/s1. The van der Waals surface area contributed by atoms with Crippen LogP contribution in [0.1, 0.15) is 0 Å². The van der Waals surface area contributed by atoms with E-state index in [1.165, 1.54) is 0 Å². The fraction of sp³-hybridized carbons (Fsp3) is 0.879. The Labute approximate surface area is 309 Å². The zero-order valence-electron chi connectivity index (χ0n) is 30.3. The molecule has 4 atom stereocenters. The lowest BCUT2D eigenvalue weighted by atomic mass is 9.86. The molecule has 53 heavy (non-hydrogen) atoms. The van der Waals surface area contributed by atoms with E-state index in [1.807, 2.05) is 0 Å². The maximum Gasteiger partial charge on any atom is 0.246 e. The minimum Gasteiger partial charge on any atom is -0.376 e. The van der Waals surface area contributed by atoms with Gasteiger partial charge in [0.2, 0.25) is 23.6 Å². The van der Waals surface area contributed by atoms with Crippen LogP contribution in [0.4, 0.5) is 0 Å². The summed E-state index contributed by atoms with van der Waals surface area (Å²) in [5, 5.41) is 11.2. The first kappa shape index (κ1) is 43.1. The molecular formula is C33H56N4O16. The second-order valence-corrected chi connectivity index (χ2v) is 12.9. The third kappa shape index (κ3) is 23.0. The molecular weight excluding hydrogens is 708 g/mol. The second-order valence-electron chi connectivity index (χ2n) is 12.9. The quantitative estimate of drug-likeness (QED) is 0.0353. The van der Waals surface area contributed by atoms with Crippen molar-refractivity contribution in [3.05, 3.63) is 0 Å². The smallest absolute Gasteiger partial charge is 0.246 e. The highest BCUT2D eigenvalue weighted by Gasteiger charge is 2.33. The zero-order chi connectivity index (χ0) is 37.4. The molecule has 4 amide bonds. The molecule has 20 heteroatoms. The van der Waals surface area contributed by atoms with Crippen molar-refractivity contribution in [3.8, 4) is 0 Å². The molecule has 0 spiro atoms. The molecule has 20 nitrogen and oxygen atoms in total. The number of amides is 4. The lowest BCUT2D eigenvalue weighted by Gasteiger charge is -2.34. The van der Waals surface area contributed by atoms with Crippen LogP contribution in [0.25, 0.3) is 0 Å². The van der Waals surface area contributed by atoms with Gasteiger partial charge in [-0.2, -0.15) is 0 Å². The van der Waals surface area contributed by atoms with E-state index in [2.05, 4.69) is 21.3 Å². The maximum atomic E-state index is 12.8. The number of epoxide rings is 4. The summed E-state index contributed by atoms with van der Waals surface area (Å²) in [6.45, 7) is 5.39. The summed E-state index contributed by atoms with van der Waals surface area (Å²) < 4.78 is 63.8. The molecule has 0 aliphatic carbocycles. The number of ether oxygens (including phenoxy) is 12. The number of carbonyl (C=O) groups excluding carboxylic acids is 4. The van der Waals surface area contributed by atoms with Crippen molar-refractivity contribution < 1.29 is 76.0 Å². The summed E-state index contributed by atoms with van der Waals surface area (Å²) in [5.74, 6) is -1.76. The summed E-state index contributed by atoms with van der Waals surface area (Å²) in [5.41, 5.74) is -1.10. The molecule has 4 N–H and O–H groups in total. The van der Waals surface area contributed by atoms with Gasteiger partial charge >= 0.3 is 0 Å². The van der Waals surface area contributed by atoms with E-state index in [0.29, 0.717) is 79.3 Å². The van der Waals surface area contributed by atoms with Crippen LogP contribution in [0.3, 0.4) is 0 Å². The normalized spacial score (nSPS) is 22.0. The Morgan fingerprint density at radius 3 is 0.811 bits per heavy atom. The van der Waals surface area contributed by atoms with Crippen LogP contribution in [0.15, 0.2) is 0 Å². The molecule has 4 aliphatic heterocycles. The lowest BCUT2D eigenvalue weighted by Crippen LogP contribution is -2.57. The fourth-order valence-electron chi connectivity index (χ4n) is 4.37. The third-order valence-electron chi connectivity index (χ3n) is 7.89. The first-order valence-electron chi connectivity index (χ1n) is 18.0. The molecule has 4 aliphatic rings. The first-order valence-corrected chi connectivity index (χ1v) is 18.0. The average Bonchev–Trinajstić information content (AvgIpc) is 3.96. The van der Waals surface area contributed by atoms with Gasteiger partial charge in [0.25, 0.3) is 0 Å². The van der Waals surface area contributed by atoms with Crippen LogP contribution in [-0.2, 0) is 76.0 Å². The van der Waals surface area contributed by atoms with Crippen molar-refractivity contribution in [2.75, 3.05) is 158 Å². The van der Waals surface area contributed by atoms with Crippen molar-refractivity contribution in [3.63, 3.8) is 0 Å². The molecule has 0 saturated carbocycles. The van der Waals surface area contributed by atoms with Crippen LogP contribution < -0.4 is 21.3 Å². The molecule has 4 saturated heterocycles. The van der Waals surface area contributed by atoms with Gasteiger partial charge in [0.15, 0.2) is 0 Å². The van der Waals surface area contributed by atoms with Gasteiger partial charge in [0.05, 0.1) is 106 Å². The summed E-state index contributed by atoms with van der Waals surface area (Å²) in [6.07, 6.45) is 0.508. The lowest BCUT2D eigenvalue weighted by molar-refractivity contribution is -0.127. The van der Waals surface area contributed by atoms with E-state index in [-0.39, 0.29) is 103 Å². The molecule has 0 aromatic carbocycles. The van der Waals surface area contributed by atoms with Crippen LogP contribution in [-0.4, -0.2) is 206 Å². The molecule has 0 aromatic heterocycles. The Kier molecular flexibility index (Phi) is 20.7. The van der Waals surface area contributed by atoms with Crippen molar-refractivity contribution in [1.29, 1.82) is 0 Å². The largest absolute Gasteiger partial charge is 0.376 e. The van der Waals surface area contributed by atoms with Crippen LogP contribution in [0, 0.1) is 5.41 Å².